The lowest BCUT2D eigenvalue weighted by atomic mass is 10.0. The van der Waals surface area contributed by atoms with Gasteiger partial charge in [-0.1, -0.05) is 24.3 Å². The largest absolute Gasteiger partial charge is 0.340 e. The molecule has 0 bridgehead atoms. The SMILES string of the molecule is CSc1cccc(C(NC2CCN(C)CC2)c2nc3ccccc3[nH]2)c1. The number of rotatable bonds is 5. The summed E-state index contributed by atoms with van der Waals surface area (Å²) in [4.78, 5) is 12.1. The van der Waals surface area contributed by atoms with Gasteiger partial charge in [-0.05, 0) is 69.1 Å². The van der Waals surface area contributed by atoms with Crippen LogP contribution in [0.2, 0.25) is 0 Å². The lowest BCUT2D eigenvalue weighted by Gasteiger charge is -2.32. The van der Waals surface area contributed by atoms with E-state index in [4.69, 9.17) is 4.98 Å². The standard InChI is InChI=1S/C21H26N4S/c1-25-12-10-16(11-13-25)22-20(15-6-5-7-17(14-15)26-2)21-23-18-8-3-4-9-19(18)24-21/h3-9,14,16,20,22H,10-13H2,1-2H3,(H,23,24). The van der Waals surface area contributed by atoms with E-state index >= 15 is 0 Å². The van der Waals surface area contributed by atoms with E-state index in [-0.39, 0.29) is 6.04 Å². The highest BCUT2D eigenvalue weighted by Crippen LogP contribution is 2.27. The monoisotopic (exact) mass is 366 g/mol. The van der Waals surface area contributed by atoms with E-state index < -0.39 is 0 Å². The Morgan fingerprint density at radius 1 is 1.15 bits per heavy atom. The first kappa shape index (κ1) is 17.6. The first-order valence-corrected chi connectivity index (χ1v) is 10.5. The Balaban J connectivity index is 1.68. The highest BCUT2D eigenvalue weighted by Gasteiger charge is 2.24. The van der Waals surface area contributed by atoms with Gasteiger partial charge in [0.2, 0.25) is 0 Å². The number of benzene rings is 2. The molecule has 0 saturated carbocycles. The molecule has 4 rings (SSSR count). The normalized spacial score (nSPS) is 17.6. The van der Waals surface area contributed by atoms with E-state index in [1.165, 1.54) is 23.3 Å². The molecule has 4 nitrogen and oxygen atoms in total. The summed E-state index contributed by atoms with van der Waals surface area (Å²) in [6, 6.07) is 17.7. The van der Waals surface area contributed by atoms with Gasteiger partial charge in [0.15, 0.2) is 0 Å². The highest BCUT2D eigenvalue weighted by molar-refractivity contribution is 7.98. The number of para-hydroxylation sites is 2. The summed E-state index contributed by atoms with van der Waals surface area (Å²) >= 11 is 1.78. The molecule has 26 heavy (non-hydrogen) atoms. The zero-order valence-corrected chi connectivity index (χ0v) is 16.2. The molecular weight excluding hydrogens is 340 g/mol. The van der Waals surface area contributed by atoms with Gasteiger partial charge in [-0.2, -0.15) is 0 Å². The molecule has 1 fully saturated rings. The van der Waals surface area contributed by atoms with E-state index in [1.807, 2.05) is 6.07 Å². The topological polar surface area (TPSA) is 44.0 Å². The Labute approximate surface area is 159 Å². The van der Waals surface area contributed by atoms with Gasteiger partial charge in [0.05, 0.1) is 17.1 Å². The van der Waals surface area contributed by atoms with E-state index in [0.717, 1.165) is 29.9 Å². The number of hydrogen-bond acceptors (Lipinski definition) is 4. The molecule has 1 saturated heterocycles. The lowest BCUT2D eigenvalue weighted by molar-refractivity contribution is 0.228. The predicted molar refractivity (Wildman–Crippen MR) is 110 cm³/mol. The fraction of sp³-hybridized carbons (Fsp3) is 0.381. The number of thioether (sulfide) groups is 1. The molecule has 3 aromatic rings. The van der Waals surface area contributed by atoms with Gasteiger partial charge in [0, 0.05) is 10.9 Å². The fourth-order valence-corrected chi connectivity index (χ4v) is 4.14. The van der Waals surface area contributed by atoms with Gasteiger partial charge in [-0.3, -0.25) is 0 Å². The molecule has 2 heterocycles. The van der Waals surface area contributed by atoms with Crippen molar-refractivity contribution in [3.05, 3.63) is 59.9 Å². The number of nitrogens with zero attached hydrogens (tertiary/aromatic N) is 2. The molecule has 2 N–H and O–H groups in total. The predicted octanol–water partition coefficient (Wildman–Crippen LogP) is 4.06. The minimum atomic E-state index is 0.0860. The molecule has 1 aliphatic rings. The lowest BCUT2D eigenvalue weighted by Crippen LogP contribution is -2.42. The number of H-pyrrole nitrogens is 1. The smallest absolute Gasteiger partial charge is 0.129 e. The number of piperidine rings is 1. The van der Waals surface area contributed by atoms with E-state index in [9.17, 15) is 0 Å². The summed E-state index contributed by atoms with van der Waals surface area (Å²) < 4.78 is 0. The van der Waals surface area contributed by atoms with Crippen molar-refractivity contribution in [2.24, 2.45) is 0 Å². The molecular formula is C21H26N4S. The minimum Gasteiger partial charge on any atom is -0.340 e. The van der Waals surface area contributed by atoms with Crippen LogP contribution in [-0.2, 0) is 0 Å². The van der Waals surface area contributed by atoms with Crippen LogP contribution in [0.1, 0.15) is 30.3 Å². The molecule has 0 spiro atoms. The summed E-state index contributed by atoms with van der Waals surface area (Å²) in [6.45, 7) is 2.30. The first-order chi connectivity index (χ1) is 12.7. The molecule has 1 atom stereocenters. The maximum Gasteiger partial charge on any atom is 0.129 e. The number of imidazole rings is 1. The van der Waals surface area contributed by atoms with Crippen molar-refractivity contribution in [1.82, 2.24) is 20.2 Å². The second-order valence-electron chi connectivity index (χ2n) is 7.09. The number of aromatic nitrogens is 2. The van der Waals surface area contributed by atoms with Crippen LogP contribution in [0.5, 0.6) is 0 Å². The Hall–Kier alpha value is -1.82. The molecule has 136 valence electrons. The summed E-state index contributed by atoms with van der Waals surface area (Å²) in [5, 5.41) is 3.89. The zero-order valence-electron chi connectivity index (χ0n) is 15.4. The van der Waals surface area contributed by atoms with Crippen molar-refractivity contribution in [3.8, 4) is 0 Å². The summed E-state index contributed by atoms with van der Waals surface area (Å²) in [5.41, 5.74) is 3.40. The molecule has 2 aromatic carbocycles. The van der Waals surface area contributed by atoms with Gasteiger partial charge in [0.1, 0.15) is 5.82 Å². The summed E-state index contributed by atoms with van der Waals surface area (Å²) in [7, 11) is 2.20. The van der Waals surface area contributed by atoms with Crippen molar-refractivity contribution in [1.29, 1.82) is 0 Å². The average molecular weight is 367 g/mol. The van der Waals surface area contributed by atoms with Crippen LogP contribution < -0.4 is 5.32 Å². The van der Waals surface area contributed by atoms with Crippen LogP contribution in [0.4, 0.5) is 0 Å². The van der Waals surface area contributed by atoms with Crippen LogP contribution in [0.25, 0.3) is 11.0 Å². The Kier molecular flexibility index (Phi) is 5.29. The number of hydrogen-bond donors (Lipinski definition) is 2. The molecule has 1 unspecified atom stereocenters. The van der Waals surface area contributed by atoms with Crippen LogP contribution in [0, 0.1) is 0 Å². The second kappa shape index (κ2) is 7.82. The fourth-order valence-electron chi connectivity index (χ4n) is 3.67. The molecule has 5 heteroatoms. The number of aromatic amines is 1. The van der Waals surface area contributed by atoms with Crippen molar-refractivity contribution in [3.63, 3.8) is 0 Å². The number of nitrogens with one attached hydrogen (secondary N) is 2. The van der Waals surface area contributed by atoms with Crippen molar-refractivity contribution in [2.45, 2.75) is 29.8 Å². The van der Waals surface area contributed by atoms with E-state index in [0.29, 0.717) is 6.04 Å². The first-order valence-electron chi connectivity index (χ1n) is 9.26. The quantitative estimate of drug-likeness (QED) is 0.669. The Morgan fingerprint density at radius 2 is 1.96 bits per heavy atom. The van der Waals surface area contributed by atoms with E-state index in [1.54, 1.807) is 11.8 Å². The average Bonchev–Trinajstić information content (AvgIpc) is 3.11. The van der Waals surface area contributed by atoms with Crippen molar-refractivity contribution >= 4 is 22.8 Å². The summed E-state index contributed by atoms with van der Waals surface area (Å²) in [6.07, 6.45) is 4.48. The third-order valence-corrected chi connectivity index (χ3v) is 5.95. The number of fused-ring (bicyclic) bond motifs is 1. The van der Waals surface area contributed by atoms with Gasteiger partial charge in [-0.25, -0.2) is 4.98 Å². The van der Waals surface area contributed by atoms with Gasteiger partial charge in [-0.15, -0.1) is 11.8 Å². The Morgan fingerprint density at radius 3 is 2.73 bits per heavy atom. The zero-order chi connectivity index (χ0) is 17.9. The molecule has 1 aromatic heterocycles. The summed E-state index contributed by atoms with van der Waals surface area (Å²) in [5.74, 6) is 1.00. The third-order valence-electron chi connectivity index (χ3n) is 5.23. The third kappa shape index (κ3) is 3.80. The second-order valence-corrected chi connectivity index (χ2v) is 7.97. The highest BCUT2D eigenvalue weighted by atomic mass is 32.2. The van der Waals surface area contributed by atoms with Crippen LogP contribution >= 0.6 is 11.8 Å². The van der Waals surface area contributed by atoms with Crippen molar-refractivity contribution < 1.29 is 0 Å². The van der Waals surface area contributed by atoms with Crippen LogP contribution in [-0.4, -0.2) is 47.3 Å². The van der Waals surface area contributed by atoms with Crippen LogP contribution in [0.15, 0.2) is 53.4 Å². The molecule has 0 amide bonds. The van der Waals surface area contributed by atoms with Crippen molar-refractivity contribution in [2.75, 3.05) is 26.4 Å². The Bertz CT molecular complexity index is 834. The molecule has 0 aliphatic carbocycles. The van der Waals surface area contributed by atoms with Gasteiger partial charge >= 0.3 is 0 Å². The maximum absolute atomic E-state index is 4.89. The number of likely N-dealkylation sites (tertiary alicyclic amines) is 1. The maximum atomic E-state index is 4.89. The van der Waals surface area contributed by atoms with Gasteiger partial charge < -0.3 is 15.2 Å². The molecule has 0 radical (unpaired) electrons. The van der Waals surface area contributed by atoms with Crippen LogP contribution in [0.3, 0.4) is 0 Å². The minimum absolute atomic E-state index is 0.0860. The van der Waals surface area contributed by atoms with Gasteiger partial charge in [0.25, 0.3) is 0 Å². The van der Waals surface area contributed by atoms with E-state index in [2.05, 4.69) is 71.0 Å². The molecule has 1 aliphatic heterocycles.